The van der Waals surface area contributed by atoms with Crippen LogP contribution in [0.15, 0.2) is 34.9 Å². The molecule has 1 amide bonds. The second-order valence-electron chi connectivity index (χ2n) is 3.85. The number of pyridine rings is 1. The smallest absolute Gasteiger partial charge is 0.259 e. The molecule has 104 valence electrons. The van der Waals surface area contributed by atoms with E-state index < -0.39 is 11.7 Å². The number of nitrogens with one attached hydrogen (secondary N) is 2. The van der Waals surface area contributed by atoms with Gasteiger partial charge >= 0.3 is 0 Å². The van der Waals surface area contributed by atoms with Gasteiger partial charge in [-0.2, -0.15) is 0 Å². The predicted molar refractivity (Wildman–Crippen MR) is 80.8 cm³/mol. The minimum absolute atomic E-state index is 0.0544. The molecule has 1 heterocycles. The Hall–Kier alpha value is -1.66. The van der Waals surface area contributed by atoms with Crippen molar-refractivity contribution >= 4 is 44.9 Å². The standard InChI is InChI=1S/C13H10BrClFN3O/c1-17-12-8(5-7(14)6-18-12)13(20)19-11-9(15)3-2-4-10(11)16/h2-6H,1H3,(H,17,18)(H,19,20). The maximum atomic E-state index is 13.6. The molecule has 20 heavy (non-hydrogen) atoms. The lowest BCUT2D eigenvalue weighted by Crippen LogP contribution is -2.16. The zero-order valence-corrected chi connectivity index (χ0v) is 12.7. The van der Waals surface area contributed by atoms with Crippen molar-refractivity contribution in [2.45, 2.75) is 0 Å². The third kappa shape index (κ3) is 3.08. The van der Waals surface area contributed by atoms with Gasteiger partial charge in [0.15, 0.2) is 0 Å². The van der Waals surface area contributed by atoms with E-state index in [0.29, 0.717) is 10.3 Å². The topological polar surface area (TPSA) is 54.0 Å². The number of hydrogen-bond acceptors (Lipinski definition) is 3. The predicted octanol–water partition coefficient (Wildman–Crippen LogP) is 3.93. The van der Waals surface area contributed by atoms with E-state index in [2.05, 4.69) is 31.5 Å². The van der Waals surface area contributed by atoms with E-state index in [9.17, 15) is 9.18 Å². The van der Waals surface area contributed by atoms with Gasteiger partial charge in [0.2, 0.25) is 0 Å². The Kier molecular flexibility index (Phi) is 4.57. The third-order valence-corrected chi connectivity index (χ3v) is 3.29. The van der Waals surface area contributed by atoms with E-state index >= 15 is 0 Å². The van der Waals surface area contributed by atoms with Crippen molar-refractivity contribution in [3.63, 3.8) is 0 Å². The van der Waals surface area contributed by atoms with E-state index in [1.807, 2.05) is 0 Å². The Labute approximate surface area is 128 Å². The summed E-state index contributed by atoms with van der Waals surface area (Å²) < 4.78 is 14.3. The molecule has 2 N–H and O–H groups in total. The van der Waals surface area contributed by atoms with Crippen molar-refractivity contribution in [2.24, 2.45) is 0 Å². The van der Waals surface area contributed by atoms with Crippen LogP contribution in [-0.4, -0.2) is 17.9 Å². The summed E-state index contributed by atoms with van der Waals surface area (Å²) in [6.45, 7) is 0. The molecule has 0 atom stereocenters. The van der Waals surface area contributed by atoms with Crippen molar-refractivity contribution in [1.82, 2.24) is 4.98 Å². The fraction of sp³-hybridized carbons (Fsp3) is 0.0769. The van der Waals surface area contributed by atoms with Gasteiger partial charge in [0.05, 0.1) is 16.3 Å². The number of carbonyl (C=O) groups excluding carboxylic acids is 1. The molecule has 0 bridgehead atoms. The molecule has 1 aromatic heterocycles. The third-order valence-electron chi connectivity index (χ3n) is 2.54. The second kappa shape index (κ2) is 6.19. The summed E-state index contributed by atoms with van der Waals surface area (Å²) >= 11 is 9.11. The number of benzene rings is 1. The summed E-state index contributed by atoms with van der Waals surface area (Å²) in [7, 11) is 1.64. The number of carbonyl (C=O) groups is 1. The molecule has 2 aromatic rings. The van der Waals surface area contributed by atoms with Crippen molar-refractivity contribution in [3.8, 4) is 0 Å². The van der Waals surface area contributed by atoms with Crippen LogP contribution < -0.4 is 10.6 Å². The molecule has 4 nitrogen and oxygen atoms in total. The molecule has 0 spiro atoms. The lowest BCUT2D eigenvalue weighted by atomic mass is 10.2. The number of nitrogens with zero attached hydrogens (tertiary/aromatic N) is 1. The highest BCUT2D eigenvalue weighted by molar-refractivity contribution is 9.10. The first-order valence-electron chi connectivity index (χ1n) is 5.61. The monoisotopic (exact) mass is 357 g/mol. The Morgan fingerprint density at radius 1 is 1.45 bits per heavy atom. The molecule has 0 radical (unpaired) electrons. The summed E-state index contributed by atoms with van der Waals surface area (Å²) in [6.07, 6.45) is 1.55. The van der Waals surface area contributed by atoms with Gasteiger partial charge in [-0.15, -0.1) is 0 Å². The quantitative estimate of drug-likeness (QED) is 0.874. The zero-order chi connectivity index (χ0) is 14.7. The minimum Gasteiger partial charge on any atom is -0.372 e. The number of hydrogen-bond donors (Lipinski definition) is 2. The number of rotatable bonds is 3. The summed E-state index contributed by atoms with van der Waals surface area (Å²) in [5.74, 6) is -0.715. The van der Waals surface area contributed by atoms with Crippen LogP contribution in [0, 0.1) is 5.82 Å². The van der Waals surface area contributed by atoms with Gasteiger partial charge in [-0.25, -0.2) is 9.37 Å². The molecule has 0 aliphatic carbocycles. The van der Waals surface area contributed by atoms with Gasteiger partial charge in [0, 0.05) is 17.7 Å². The van der Waals surface area contributed by atoms with E-state index in [-0.39, 0.29) is 16.3 Å². The molecule has 1 aromatic carbocycles. The number of anilines is 2. The van der Waals surface area contributed by atoms with Crippen LogP contribution in [0.4, 0.5) is 15.9 Å². The van der Waals surface area contributed by atoms with Crippen molar-refractivity contribution in [1.29, 1.82) is 0 Å². The van der Waals surface area contributed by atoms with Gasteiger partial charge in [-0.1, -0.05) is 17.7 Å². The summed E-state index contributed by atoms with van der Waals surface area (Å²) in [4.78, 5) is 16.3. The highest BCUT2D eigenvalue weighted by Gasteiger charge is 2.16. The first-order chi connectivity index (χ1) is 9.52. The van der Waals surface area contributed by atoms with Crippen LogP contribution in [0.5, 0.6) is 0 Å². The Bertz CT molecular complexity index is 646. The van der Waals surface area contributed by atoms with Gasteiger partial charge in [0.25, 0.3) is 5.91 Å². The second-order valence-corrected chi connectivity index (χ2v) is 5.17. The van der Waals surface area contributed by atoms with E-state index in [0.717, 1.165) is 0 Å². The normalized spacial score (nSPS) is 10.2. The molecule has 0 saturated carbocycles. The Balaban J connectivity index is 2.35. The fourth-order valence-electron chi connectivity index (χ4n) is 1.61. The minimum atomic E-state index is -0.597. The van der Waals surface area contributed by atoms with Gasteiger partial charge < -0.3 is 10.6 Å². The molecule has 2 rings (SSSR count). The molecule has 0 unspecified atom stereocenters. The fourth-order valence-corrected chi connectivity index (χ4v) is 2.15. The molecule has 0 saturated heterocycles. The number of halogens is 3. The summed E-state index contributed by atoms with van der Waals surface area (Å²) in [5.41, 5.74) is 0.224. The van der Waals surface area contributed by atoms with E-state index in [1.54, 1.807) is 19.3 Å². The van der Waals surface area contributed by atoms with Crippen LogP contribution in [0.1, 0.15) is 10.4 Å². The molecule has 7 heteroatoms. The average molecular weight is 359 g/mol. The number of para-hydroxylation sites is 1. The van der Waals surface area contributed by atoms with Crippen molar-refractivity contribution < 1.29 is 9.18 Å². The van der Waals surface area contributed by atoms with Crippen molar-refractivity contribution in [2.75, 3.05) is 17.7 Å². The number of aromatic nitrogens is 1. The molecule has 0 fully saturated rings. The lowest BCUT2D eigenvalue weighted by Gasteiger charge is -2.11. The van der Waals surface area contributed by atoms with Crippen LogP contribution in [0.2, 0.25) is 5.02 Å². The highest BCUT2D eigenvalue weighted by Crippen LogP contribution is 2.26. The van der Waals surface area contributed by atoms with Crippen LogP contribution in [0.25, 0.3) is 0 Å². The summed E-state index contributed by atoms with van der Waals surface area (Å²) in [6, 6.07) is 5.77. The van der Waals surface area contributed by atoms with E-state index in [4.69, 9.17) is 11.6 Å². The van der Waals surface area contributed by atoms with Gasteiger partial charge in [0.1, 0.15) is 11.6 Å². The maximum absolute atomic E-state index is 13.6. The number of amides is 1. The zero-order valence-electron chi connectivity index (χ0n) is 10.4. The Morgan fingerprint density at radius 2 is 2.20 bits per heavy atom. The van der Waals surface area contributed by atoms with E-state index in [1.165, 1.54) is 18.2 Å². The first kappa shape index (κ1) is 14.7. The summed E-state index contributed by atoms with van der Waals surface area (Å²) in [5, 5.41) is 5.38. The highest BCUT2D eigenvalue weighted by atomic mass is 79.9. The first-order valence-corrected chi connectivity index (χ1v) is 6.78. The van der Waals surface area contributed by atoms with Crippen LogP contribution >= 0.6 is 27.5 Å². The SMILES string of the molecule is CNc1ncc(Br)cc1C(=O)Nc1c(F)cccc1Cl. The molecule has 0 aliphatic heterocycles. The Morgan fingerprint density at radius 3 is 2.85 bits per heavy atom. The molecule has 0 aliphatic rings. The molecular formula is C13H10BrClFN3O. The molecular weight excluding hydrogens is 349 g/mol. The van der Waals surface area contributed by atoms with Crippen LogP contribution in [-0.2, 0) is 0 Å². The van der Waals surface area contributed by atoms with Crippen LogP contribution in [0.3, 0.4) is 0 Å². The van der Waals surface area contributed by atoms with Gasteiger partial charge in [-0.05, 0) is 34.1 Å². The van der Waals surface area contributed by atoms with Crippen molar-refractivity contribution in [3.05, 3.63) is 51.3 Å². The van der Waals surface area contributed by atoms with Gasteiger partial charge in [-0.3, -0.25) is 4.79 Å². The maximum Gasteiger partial charge on any atom is 0.259 e. The average Bonchev–Trinajstić information content (AvgIpc) is 2.43. The largest absolute Gasteiger partial charge is 0.372 e. The lowest BCUT2D eigenvalue weighted by molar-refractivity contribution is 0.102.